The van der Waals surface area contributed by atoms with Crippen LogP contribution in [0, 0.1) is 11.6 Å². The Bertz CT molecular complexity index is 2040. The van der Waals surface area contributed by atoms with E-state index in [-0.39, 0.29) is 47.5 Å². The number of hydrogen-bond donors (Lipinski definition) is 2. The zero-order valence-corrected chi connectivity index (χ0v) is 33.9. The van der Waals surface area contributed by atoms with Crippen molar-refractivity contribution in [3.8, 4) is 11.4 Å². The first-order chi connectivity index (χ1) is 28.4. The molecule has 0 amide bonds. The highest BCUT2D eigenvalue weighted by molar-refractivity contribution is 6.17. The molecule has 2 aliphatic rings. The Morgan fingerprint density at radius 3 is 1.71 bits per heavy atom. The predicted octanol–water partition coefficient (Wildman–Crippen LogP) is 2.37. The molecule has 2 aromatic heterocycles. The van der Waals surface area contributed by atoms with Gasteiger partial charge in [-0.3, -0.25) is 23.7 Å². The maximum absolute atomic E-state index is 13.3. The maximum atomic E-state index is 13.3. The van der Waals surface area contributed by atoms with E-state index < -0.39 is 0 Å². The third-order valence-electron chi connectivity index (χ3n) is 9.25. The summed E-state index contributed by atoms with van der Waals surface area (Å²) >= 11 is 0. The van der Waals surface area contributed by atoms with Crippen molar-refractivity contribution >= 4 is 31.3 Å². The van der Waals surface area contributed by atoms with E-state index in [0.29, 0.717) is 81.3 Å². The van der Waals surface area contributed by atoms with Gasteiger partial charge in [-0.25, -0.2) is 18.7 Å². The van der Waals surface area contributed by atoms with Crippen molar-refractivity contribution in [2.75, 3.05) is 89.5 Å². The summed E-state index contributed by atoms with van der Waals surface area (Å²) in [6, 6.07) is 11.1. The normalized spacial score (nSPS) is 14.3. The number of halogens is 2. The maximum Gasteiger partial charge on any atom is 0.569 e. The average molecular weight is 822 g/mol. The Morgan fingerprint density at radius 2 is 1.20 bits per heavy atom. The molecule has 0 saturated carbocycles. The SMILES string of the molecule is CCOC(=O)CCc1c[nH]c(=O)c(N2CCN(C)CC2)n1.CCOC(=O)CCc1cn(-c2ccc(F)cc2)c(=O)c(N2CCN(C)CC2)n1.O[B]Oc1ccc(F)cc1. The van der Waals surface area contributed by atoms with Crippen LogP contribution in [0.1, 0.15) is 38.1 Å². The molecule has 2 saturated heterocycles. The Balaban J connectivity index is 0.000000217. The highest BCUT2D eigenvalue weighted by Gasteiger charge is 2.22. The van der Waals surface area contributed by atoms with Crippen LogP contribution in [0.4, 0.5) is 20.4 Å². The predicted molar refractivity (Wildman–Crippen MR) is 219 cm³/mol. The number of aryl methyl sites for hydroxylation is 2. The van der Waals surface area contributed by atoms with Gasteiger partial charge in [0.15, 0.2) is 11.6 Å². The lowest BCUT2D eigenvalue weighted by Gasteiger charge is -2.33. The number of carbonyl (C=O) groups is 2. The molecule has 317 valence electrons. The van der Waals surface area contributed by atoms with Crippen molar-refractivity contribution < 1.29 is 37.5 Å². The molecule has 2 fully saturated rings. The molecule has 0 atom stereocenters. The molecule has 1 radical (unpaired) electrons. The van der Waals surface area contributed by atoms with Gasteiger partial charge in [0.2, 0.25) is 0 Å². The van der Waals surface area contributed by atoms with Crippen LogP contribution in [0.3, 0.4) is 0 Å². The van der Waals surface area contributed by atoms with Crippen LogP contribution in [-0.4, -0.2) is 134 Å². The standard InChI is InChI=1S/C20H25FN4O3.C14H22N4O3.C6H5BFO2/c1-3-28-18(26)9-6-16-14-25(17-7-4-15(21)5-8-17)20(27)19(22-16)24-12-10-23(2)11-13-24;1-3-21-12(19)5-4-11-10-15-14(20)13(16-11)18-8-6-17(2)7-9-18;8-5-1-3-6(4-2-5)10-7-9/h4-5,7-8,14H,3,6,9-13H2,1-2H3;10H,3-9H2,1-2H3,(H,15,20);1-4,9H. The summed E-state index contributed by atoms with van der Waals surface area (Å²) in [6.07, 6.45) is 4.48. The number of hydrogen-bond acceptors (Lipinski definition) is 14. The number of benzene rings is 2. The number of nitrogens with zero attached hydrogens (tertiary/aromatic N) is 7. The monoisotopic (exact) mass is 821 g/mol. The minimum atomic E-state index is -0.368. The smallest absolute Gasteiger partial charge is 0.537 e. The first-order valence-corrected chi connectivity index (χ1v) is 19.4. The Hall–Kier alpha value is -5.66. The molecule has 6 rings (SSSR count). The van der Waals surface area contributed by atoms with Crippen molar-refractivity contribution in [2.24, 2.45) is 0 Å². The van der Waals surface area contributed by atoms with Gasteiger partial charge in [-0.2, -0.15) is 0 Å². The lowest BCUT2D eigenvalue weighted by Crippen LogP contribution is -2.47. The van der Waals surface area contributed by atoms with E-state index in [1.54, 1.807) is 38.4 Å². The molecule has 0 unspecified atom stereocenters. The second kappa shape index (κ2) is 23.7. The minimum absolute atomic E-state index is 0.181. The highest BCUT2D eigenvalue weighted by Crippen LogP contribution is 2.15. The summed E-state index contributed by atoms with van der Waals surface area (Å²) < 4.78 is 41.4. The molecule has 59 heavy (non-hydrogen) atoms. The second-order valence-electron chi connectivity index (χ2n) is 13.6. The van der Waals surface area contributed by atoms with E-state index in [1.165, 1.54) is 41.0 Å². The molecule has 2 aromatic carbocycles. The van der Waals surface area contributed by atoms with Crippen LogP contribution < -0.4 is 25.6 Å². The number of aromatic amines is 1. The third-order valence-corrected chi connectivity index (χ3v) is 9.25. The fourth-order valence-electron chi connectivity index (χ4n) is 5.96. The molecule has 16 nitrogen and oxygen atoms in total. The molecule has 4 heterocycles. The summed E-state index contributed by atoms with van der Waals surface area (Å²) in [4.78, 5) is 68.1. The largest absolute Gasteiger partial charge is 0.569 e. The molecule has 0 bridgehead atoms. The lowest BCUT2D eigenvalue weighted by atomic mass is 10.2. The number of aromatic nitrogens is 4. The fourth-order valence-corrected chi connectivity index (χ4v) is 5.96. The number of H-pyrrole nitrogens is 1. The zero-order chi connectivity index (χ0) is 42.7. The van der Waals surface area contributed by atoms with E-state index in [0.717, 1.165) is 39.3 Å². The Labute approximate surface area is 342 Å². The minimum Gasteiger partial charge on any atom is -0.537 e. The van der Waals surface area contributed by atoms with Gasteiger partial charge in [0.25, 0.3) is 11.1 Å². The number of likely N-dealkylation sites (N-methyl/N-ethyl adjacent to an activating group) is 2. The molecule has 19 heteroatoms. The van der Waals surface area contributed by atoms with Gasteiger partial charge in [-0.15, -0.1) is 0 Å². The number of piperazine rings is 2. The number of carbonyl (C=O) groups excluding carboxylic acids is 2. The topological polar surface area (TPSA) is 176 Å². The van der Waals surface area contributed by atoms with Crippen LogP contribution >= 0.6 is 0 Å². The number of anilines is 2. The molecule has 4 aromatic rings. The van der Waals surface area contributed by atoms with Gasteiger partial charge >= 0.3 is 19.6 Å². The van der Waals surface area contributed by atoms with Crippen molar-refractivity contribution in [1.29, 1.82) is 0 Å². The van der Waals surface area contributed by atoms with Crippen LogP contribution in [0.2, 0.25) is 0 Å². The highest BCUT2D eigenvalue weighted by atomic mass is 19.1. The van der Waals surface area contributed by atoms with E-state index in [2.05, 4.69) is 36.5 Å². The van der Waals surface area contributed by atoms with Crippen molar-refractivity contribution in [3.05, 3.63) is 105 Å². The van der Waals surface area contributed by atoms with Gasteiger partial charge in [-0.05, 0) is 76.5 Å². The van der Waals surface area contributed by atoms with E-state index in [4.69, 9.17) is 14.5 Å². The van der Waals surface area contributed by atoms with Gasteiger partial charge in [0.1, 0.15) is 17.4 Å². The molecule has 0 aliphatic carbocycles. The van der Waals surface area contributed by atoms with E-state index in [1.807, 2.05) is 16.8 Å². The number of esters is 2. The number of rotatable bonds is 13. The fraction of sp³-hybridized carbons (Fsp3) is 0.450. The number of ether oxygens (including phenoxy) is 2. The second-order valence-corrected chi connectivity index (χ2v) is 13.6. The number of nitrogens with one attached hydrogen (secondary N) is 1. The van der Waals surface area contributed by atoms with E-state index >= 15 is 0 Å². The quantitative estimate of drug-likeness (QED) is 0.149. The van der Waals surface area contributed by atoms with Crippen molar-refractivity contribution in [3.63, 3.8) is 0 Å². The van der Waals surface area contributed by atoms with Crippen LogP contribution in [-0.2, 0) is 31.9 Å². The van der Waals surface area contributed by atoms with Gasteiger partial charge in [-0.1, -0.05) is 0 Å². The first kappa shape index (κ1) is 46.0. The van der Waals surface area contributed by atoms with Crippen molar-refractivity contribution in [2.45, 2.75) is 39.5 Å². The Morgan fingerprint density at radius 1 is 0.729 bits per heavy atom. The van der Waals surface area contributed by atoms with Crippen molar-refractivity contribution in [1.82, 2.24) is 29.3 Å². The average Bonchev–Trinajstić information content (AvgIpc) is 3.23. The summed E-state index contributed by atoms with van der Waals surface area (Å²) in [5.74, 6) is -0.0262. The van der Waals surface area contributed by atoms with Gasteiger partial charge in [0, 0.05) is 83.3 Å². The van der Waals surface area contributed by atoms with E-state index in [9.17, 15) is 28.0 Å². The summed E-state index contributed by atoms with van der Waals surface area (Å²) in [7, 11) is 4.65. The molecule has 2 aliphatic heterocycles. The summed E-state index contributed by atoms with van der Waals surface area (Å²) in [5, 5.41) is 8.15. The molecule has 2 N–H and O–H groups in total. The molecule has 0 spiro atoms. The molecular formula is C40H52BF2N8O8. The zero-order valence-electron chi connectivity index (χ0n) is 33.9. The lowest BCUT2D eigenvalue weighted by molar-refractivity contribution is -0.144. The third kappa shape index (κ3) is 14.9. The van der Waals surface area contributed by atoms with Crippen LogP contribution in [0.5, 0.6) is 5.75 Å². The Kier molecular flexibility index (Phi) is 18.5. The van der Waals surface area contributed by atoms with Gasteiger partial charge in [0.05, 0.1) is 37.4 Å². The summed E-state index contributed by atoms with van der Waals surface area (Å²) in [6.45, 7) is 10.7. The van der Waals surface area contributed by atoms with Crippen LogP contribution in [0.15, 0.2) is 70.5 Å². The van der Waals surface area contributed by atoms with Crippen LogP contribution in [0.25, 0.3) is 5.69 Å². The summed E-state index contributed by atoms with van der Waals surface area (Å²) in [5.41, 5.74) is 1.44. The first-order valence-electron chi connectivity index (χ1n) is 19.4. The molecular weight excluding hydrogens is 769 g/mol. The van der Waals surface area contributed by atoms with Gasteiger partial charge < -0.3 is 43.7 Å².